The van der Waals surface area contributed by atoms with E-state index in [0.29, 0.717) is 21.8 Å². The number of hydrogen-bond donors (Lipinski definition) is 1. The predicted octanol–water partition coefficient (Wildman–Crippen LogP) is 1.55. The fourth-order valence-corrected chi connectivity index (χ4v) is 1.73. The summed E-state index contributed by atoms with van der Waals surface area (Å²) in [6, 6.07) is 0. The van der Waals surface area contributed by atoms with E-state index < -0.39 is 0 Å². The molecule has 0 aliphatic rings. The van der Waals surface area contributed by atoms with Crippen LogP contribution in [0, 0.1) is 6.92 Å². The lowest BCUT2D eigenvalue weighted by Crippen LogP contribution is -1.94. The molecule has 0 spiro atoms. The lowest BCUT2D eigenvalue weighted by atomic mass is 10.6. The molecule has 0 radical (unpaired) electrons. The Bertz CT molecular complexity index is 488. The molecule has 78 valence electrons. The van der Waals surface area contributed by atoms with Crippen LogP contribution in [-0.2, 0) is 0 Å². The highest BCUT2D eigenvalue weighted by Crippen LogP contribution is 2.29. The zero-order valence-electron chi connectivity index (χ0n) is 7.64. The molecule has 0 saturated carbocycles. The first kappa shape index (κ1) is 10.2. The molecule has 0 aliphatic heterocycles. The summed E-state index contributed by atoms with van der Waals surface area (Å²) in [4.78, 5) is 7.68. The van der Waals surface area contributed by atoms with Gasteiger partial charge in [0.2, 0.25) is 11.2 Å². The molecule has 0 bridgehead atoms. The maximum absolute atomic E-state index is 5.65. The van der Waals surface area contributed by atoms with Gasteiger partial charge in [-0.25, -0.2) is 9.97 Å². The number of aromatic nitrogens is 4. The van der Waals surface area contributed by atoms with Crippen molar-refractivity contribution in [2.24, 2.45) is 0 Å². The third-order valence-electron chi connectivity index (χ3n) is 1.44. The van der Waals surface area contributed by atoms with Crippen molar-refractivity contribution in [1.29, 1.82) is 0 Å². The Balaban J connectivity index is 2.27. The van der Waals surface area contributed by atoms with Crippen LogP contribution < -0.4 is 5.73 Å². The van der Waals surface area contributed by atoms with Crippen LogP contribution in [0.1, 0.15) is 5.89 Å². The fraction of sp³-hybridized carbons (Fsp3) is 0.143. The Morgan fingerprint density at radius 2 is 2.27 bits per heavy atom. The quantitative estimate of drug-likeness (QED) is 0.632. The number of aryl methyl sites for hydroxylation is 1. The second-order valence-electron chi connectivity index (χ2n) is 2.59. The van der Waals surface area contributed by atoms with Gasteiger partial charge >= 0.3 is 0 Å². The Labute approximate surface area is 94.3 Å². The summed E-state index contributed by atoms with van der Waals surface area (Å²) in [6.07, 6.45) is 1.43. The number of nitrogen functional groups attached to an aromatic ring is 1. The number of rotatable bonds is 2. The van der Waals surface area contributed by atoms with E-state index in [4.69, 9.17) is 21.8 Å². The lowest BCUT2D eigenvalue weighted by Gasteiger charge is -1.99. The van der Waals surface area contributed by atoms with Crippen molar-refractivity contribution in [3.05, 3.63) is 17.4 Å². The summed E-state index contributed by atoms with van der Waals surface area (Å²) in [5.41, 5.74) is 6.07. The van der Waals surface area contributed by atoms with E-state index in [1.165, 1.54) is 6.20 Å². The van der Waals surface area contributed by atoms with Gasteiger partial charge in [-0.05, 0) is 23.4 Å². The number of nitrogens with two attached hydrogens (primary N) is 1. The van der Waals surface area contributed by atoms with Gasteiger partial charge in [0.25, 0.3) is 5.22 Å². The summed E-state index contributed by atoms with van der Waals surface area (Å²) in [6.45, 7) is 1.70. The molecule has 0 atom stereocenters. The van der Waals surface area contributed by atoms with E-state index in [1.807, 2.05) is 0 Å². The molecule has 0 unspecified atom stereocenters. The molecule has 0 fully saturated rings. The van der Waals surface area contributed by atoms with Crippen LogP contribution in [0.5, 0.6) is 0 Å². The highest BCUT2D eigenvalue weighted by atomic mass is 35.5. The minimum absolute atomic E-state index is 0.128. The number of nitrogens with zero attached hydrogens (tertiary/aromatic N) is 4. The molecule has 2 heterocycles. The fourth-order valence-electron chi connectivity index (χ4n) is 0.839. The average molecular weight is 244 g/mol. The molecule has 0 aliphatic carbocycles. The zero-order chi connectivity index (χ0) is 10.8. The topological polar surface area (TPSA) is 90.7 Å². The predicted molar refractivity (Wildman–Crippen MR) is 54.6 cm³/mol. The average Bonchev–Trinajstić information content (AvgIpc) is 2.58. The minimum atomic E-state index is 0.128. The largest absolute Gasteiger partial charge is 0.416 e. The summed E-state index contributed by atoms with van der Waals surface area (Å²) >= 11 is 6.78. The molecule has 2 aromatic rings. The standard InChI is InChI=1S/C7H6ClN5OS/c1-3-12-13-7(14-3)15-5-4(9)2-10-6(8)11-5/h2H,9H2,1H3. The Morgan fingerprint density at radius 3 is 2.93 bits per heavy atom. The molecule has 15 heavy (non-hydrogen) atoms. The molecule has 6 nitrogen and oxygen atoms in total. The first-order valence-corrected chi connectivity index (χ1v) is 5.10. The first-order valence-electron chi connectivity index (χ1n) is 3.91. The van der Waals surface area contributed by atoms with Gasteiger partial charge in [0.1, 0.15) is 5.03 Å². The molecular weight excluding hydrogens is 238 g/mol. The Kier molecular flexibility index (Phi) is 2.74. The van der Waals surface area contributed by atoms with Crippen LogP contribution >= 0.6 is 23.4 Å². The van der Waals surface area contributed by atoms with Crippen LogP contribution in [0.15, 0.2) is 20.9 Å². The molecular formula is C7H6ClN5OS. The first-order chi connectivity index (χ1) is 7.15. The molecule has 0 aromatic carbocycles. The Morgan fingerprint density at radius 1 is 1.47 bits per heavy atom. The van der Waals surface area contributed by atoms with Crippen molar-refractivity contribution in [2.75, 3.05) is 5.73 Å². The zero-order valence-corrected chi connectivity index (χ0v) is 9.21. The minimum Gasteiger partial charge on any atom is -0.416 e. The third kappa shape index (κ3) is 2.37. The summed E-state index contributed by atoms with van der Waals surface area (Å²) in [5, 5.41) is 8.48. The van der Waals surface area contributed by atoms with E-state index in [0.717, 1.165) is 11.8 Å². The SMILES string of the molecule is Cc1nnc(Sc2nc(Cl)ncc2N)o1. The van der Waals surface area contributed by atoms with E-state index >= 15 is 0 Å². The maximum atomic E-state index is 5.65. The monoisotopic (exact) mass is 243 g/mol. The van der Waals surface area contributed by atoms with Gasteiger partial charge in [-0.3, -0.25) is 0 Å². The normalized spacial score (nSPS) is 10.5. The summed E-state index contributed by atoms with van der Waals surface area (Å²) in [5.74, 6) is 0.483. The second kappa shape index (κ2) is 4.03. The molecule has 2 N–H and O–H groups in total. The van der Waals surface area contributed by atoms with Crippen LogP contribution in [0.4, 0.5) is 5.69 Å². The molecule has 2 rings (SSSR count). The maximum Gasteiger partial charge on any atom is 0.283 e. The highest BCUT2D eigenvalue weighted by Gasteiger charge is 2.10. The van der Waals surface area contributed by atoms with Gasteiger partial charge in [-0.2, -0.15) is 0 Å². The third-order valence-corrected chi connectivity index (χ3v) is 2.48. The van der Waals surface area contributed by atoms with Gasteiger partial charge in [-0.1, -0.05) is 0 Å². The lowest BCUT2D eigenvalue weighted by molar-refractivity contribution is 0.429. The number of hydrogen-bond acceptors (Lipinski definition) is 7. The van der Waals surface area contributed by atoms with Gasteiger partial charge in [0, 0.05) is 6.92 Å². The molecule has 0 saturated heterocycles. The molecule has 2 aromatic heterocycles. The molecule has 0 amide bonds. The van der Waals surface area contributed by atoms with Gasteiger partial charge < -0.3 is 10.2 Å². The Hall–Kier alpha value is -1.34. The van der Waals surface area contributed by atoms with Gasteiger partial charge in [0.05, 0.1) is 11.9 Å². The number of anilines is 1. The van der Waals surface area contributed by atoms with E-state index in [2.05, 4.69) is 20.2 Å². The van der Waals surface area contributed by atoms with Crippen molar-refractivity contribution in [3.8, 4) is 0 Å². The second-order valence-corrected chi connectivity index (χ2v) is 3.87. The van der Waals surface area contributed by atoms with Gasteiger partial charge in [-0.15, -0.1) is 10.2 Å². The van der Waals surface area contributed by atoms with Crippen LogP contribution in [0.25, 0.3) is 0 Å². The van der Waals surface area contributed by atoms with Crippen molar-refractivity contribution < 1.29 is 4.42 Å². The van der Waals surface area contributed by atoms with Crippen molar-refractivity contribution in [1.82, 2.24) is 20.2 Å². The highest BCUT2D eigenvalue weighted by molar-refractivity contribution is 7.99. The van der Waals surface area contributed by atoms with Crippen molar-refractivity contribution >= 4 is 29.1 Å². The van der Waals surface area contributed by atoms with Crippen molar-refractivity contribution in [2.45, 2.75) is 17.2 Å². The summed E-state index contributed by atoms with van der Waals surface area (Å²) < 4.78 is 5.16. The van der Waals surface area contributed by atoms with E-state index in [1.54, 1.807) is 6.92 Å². The smallest absolute Gasteiger partial charge is 0.283 e. The summed E-state index contributed by atoms with van der Waals surface area (Å²) in [7, 11) is 0. The van der Waals surface area contributed by atoms with Crippen LogP contribution in [0.3, 0.4) is 0 Å². The van der Waals surface area contributed by atoms with E-state index in [9.17, 15) is 0 Å². The van der Waals surface area contributed by atoms with E-state index in [-0.39, 0.29) is 5.28 Å². The van der Waals surface area contributed by atoms with Crippen molar-refractivity contribution in [3.63, 3.8) is 0 Å². The number of halogens is 1. The van der Waals surface area contributed by atoms with Gasteiger partial charge in [0.15, 0.2) is 0 Å². The van der Waals surface area contributed by atoms with Crippen LogP contribution in [-0.4, -0.2) is 20.2 Å². The van der Waals surface area contributed by atoms with Crippen LogP contribution in [0.2, 0.25) is 5.28 Å². The molecule has 8 heteroatoms.